The van der Waals surface area contributed by atoms with Crippen LogP contribution >= 0.6 is 11.8 Å². The number of hydrogen-bond acceptors (Lipinski definition) is 3. The summed E-state index contributed by atoms with van der Waals surface area (Å²) in [7, 11) is 2.27. The van der Waals surface area contributed by atoms with E-state index in [4.69, 9.17) is 5.73 Å². The van der Waals surface area contributed by atoms with E-state index in [1.54, 1.807) is 0 Å². The van der Waals surface area contributed by atoms with E-state index in [1.165, 1.54) is 37.2 Å². The molecule has 1 aliphatic heterocycles. The molecule has 0 amide bonds. The Balaban J connectivity index is 2.02. The van der Waals surface area contributed by atoms with Gasteiger partial charge in [-0.3, -0.25) is 4.90 Å². The van der Waals surface area contributed by atoms with Crippen molar-refractivity contribution >= 4 is 11.8 Å². The van der Waals surface area contributed by atoms with Gasteiger partial charge in [-0.25, -0.2) is 0 Å². The highest BCUT2D eigenvalue weighted by molar-refractivity contribution is 7.99. The van der Waals surface area contributed by atoms with Gasteiger partial charge >= 0.3 is 0 Å². The van der Waals surface area contributed by atoms with Crippen molar-refractivity contribution in [2.24, 2.45) is 5.73 Å². The quantitative estimate of drug-likeness (QED) is 0.745. The summed E-state index contributed by atoms with van der Waals surface area (Å²) in [5, 5.41) is 0. The Bertz CT molecular complexity index is 174. The Morgan fingerprint density at radius 3 is 2.77 bits per heavy atom. The maximum Gasteiger partial charge on any atom is 0.0422 e. The third-order valence-corrected chi connectivity index (χ3v) is 4.84. The van der Waals surface area contributed by atoms with Crippen molar-refractivity contribution in [2.75, 3.05) is 25.1 Å². The summed E-state index contributed by atoms with van der Waals surface area (Å²) < 4.78 is 0. The molecule has 2 nitrogen and oxygen atoms in total. The fraction of sp³-hybridized carbons (Fsp3) is 1.00. The van der Waals surface area contributed by atoms with Crippen molar-refractivity contribution in [2.45, 2.75) is 37.3 Å². The van der Waals surface area contributed by atoms with Crippen molar-refractivity contribution in [3.05, 3.63) is 0 Å². The number of rotatable bonds is 3. The van der Waals surface area contributed by atoms with E-state index in [9.17, 15) is 0 Å². The number of likely N-dealkylation sites (N-methyl/N-ethyl adjacent to an activating group) is 1. The zero-order valence-electron chi connectivity index (χ0n) is 8.46. The Morgan fingerprint density at radius 1 is 1.54 bits per heavy atom. The Labute approximate surface area is 85.2 Å². The van der Waals surface area contributed by atoms with Gasteiger partial charge in [-0.1, -0.05) is 0 Å². The molecule has 0 radical (unpaired) electrons. The Morgan fingerprint density at radius 2 is 2.31 bits per heavy atom. The second-order valence-electron chi connectivity index (χ2n) is 4.43. The molecule has 1 atom stereocenters. The number of hydrogen-bond donors (Lipinski definition) is 1. The first-order valence-corrected chi connectivity index (χ1v) is 6.45. The van der Waals surface area contributed by atoms with Gasteiger partial charge in [0.2, 0.25) is 0 Å². The van der Waals surface area contributed by atoms with Gasteiger partial charge in [0.05, 0.1) is 0 Å². The lowest BCUT2D eigenvalue weighted by molar-refractivity contribution is 0.126. The molecule has 1 unspecified atom stereocenters. The second kappa shape index (κ2) is 3.79. The molecule has 76 valence electrons. The van der Waals surface area contributed by atoms with Crippen molar-refractivity contribution in [3.63, 3.8) is 0 Å². The Kier molecular flexibility index (Phi) is 2.86. The standard InChI is InChI=1S/C10H20N2S/c1-12(9-3-4-9)10(7-11)5-2-6-13-8-10/h9H,2-8,11H2,1H3. The molecule has 1 saturated heterocycles. The molecular weight excluding hydrogens is 180 g/mol. The molecular formula is C10H20N2S. The largest absolute Gasteiger partial charge is 0.329 e. The van der Waals surface area contributed by atoms with Gasteiger partial charge in [0.15, 0.2) is 0 Å². The normalized spacial score (nSPS) is 35.3. The molecule has 13 heavy (non-hydrogen) atoms. The third-order valence-electron chi connectivity index (χ3n) is 3.52. The minimum Gasteiger partial charge on any atom is -0.329 e. The summed E-state index contributed by atoms with van der Waals surface area (Å²) in [5.74, 6) is 2.58. The molecule has 2 rings (SSSR count). The van der Waals surface area contributed by atoms with Gasteiger partial charge in [0.1, 0.15) is 0 Å². The molecule has 2 fully saturated rings. The van der Waals surface area contributed by atoms with E-state index in [-0.39, 0.29) is 0 Å². The summed E-state index contributed by atoms with van der Waals surface area (Å²) in [6.45, 7) is 0.840. The van der Waals surface area contributed by atoms with Crippen LogP contribution in [0.5, 0.6) is 0 Å². The van der Waals surface area contributed by atoms with Crippen LogP contribution in [0.2, 0.25) is 0 Å². The molecule has 0 aromatic rings. The second-order valence-corrected chi connectivity index (χ2v) is 5.53. The summed E-state index contributed by atoms with van der Waals surface area (Å²) in [4.78, 5) is 2.57. The van der Waals surface area contributed by atoms with E-state index in [1.807, 2.05) is 0 Å². The molecule has 2 N–H and O–H groups in total. The highest BCUT2D eigenvalue weighted by Crippen LogP contribution is 2.37. The summed E-state index contributed by atoms with van der Waals surface area (Å²) >= 11 is 2.08. The van der Waals surface area contributed by atoms with Crippen LogP contribution in [0.15, 0.2) is 0 Å². The summed E-state index contributed by atoms with van der Waals surface area (Å²) in [6.07, 6.45) is 5.44. The topological polar surface area (TPSA) is 29.3 Å². The lowest BCUT2D eigenvalue weighted by Crippen LogP contribution is -2.56. The number of thioether (sulfide) groups is 1. The molecule has 1 saturated carbocycles. The average molecular weight is 200 g/mol. The first kappa shape index (κ1) is 9.81. The Hall–Kier alpha value is 0.270. The highest BCUT2D eigenvalue weighted by atomic mass is 32.2. The number of nitrogens with two attached hydrogens (primary N) is 1. The van der Waals surface area contributed by atoms with Crippen LogP contribution in [-0.2, 0) is 0 Å². The van der Waals surface area contributed by atoms with Gasteiger partial charge in [-0.2, -0.15) is 11.8 Å². The molecule has 3 heteroatoms. The van der Waals surface area contributed by atoms with E-state index in [0.717, 1.165) is 12.6 Å². The third kappa shape index (κ3) is 1.88. The SMILES string of the molecule is CN(C1CC1)C1(CN)CCCSC1. The van der Waals surface area contributed by atoms with Gasteiger partial charge in [0.25, 0.3) is 0 Å². The summed E-state index contributed by atoms with van der Waals surface area (Å²) in [6, 6.07) is 0.849. The lowest BCUT2D eigenvalue weighted by atomic mass is 9.93. The maximum absolute atomic E-state index is 5.95. The van der Waals surface area contributed by atoms with Gasteiger partial charge in [-0.05, 0) is 38.5 Å². The first-order valence-electron chi connectivity index (χ1n) is 5.29. The predicted molar refractivity (Wildman–Crippen MR) is 59.1 cm³/mol. The zero-order valence-corrected chi connectivity index (χ0v) is 9.28. The molecule has 1 aliphatic carbocycles. The van der Waals surface area contributed by atoms with E-state index in [2.05, 4.69) is 23.7 Å². The monoisotopic (exact) mass is 200 g/mol. The van der Waals surface area contributed by atoms with Crippen molar-refractivity contribution < 1.29 is 0 Å². The fourth-order valence-corrected chi connectivity index (χ4v) is 3.61. The van der Waals surface area contributed by atoms with Crippen molar-refractivity contribution in [3.8, 4) is 0 Å². The first-order chi connectivity index (χ1) is 6.28. The minimum atomic E-state index is 0.337. The summed E-state index contributed by atoms with van der Waals surface area (Å²) in [5.41, 5.74) is 6.29. The fourth-order valence-electron chi connectivity index (χ4n) is 2.27. The van der Waals surface area contributed by atoms with Crippen molar-refractivity contribution in [1.29, 1.82) is 0 Å². The van der Waals surface area contributed by atoms with Gasteiger partial charge in [0, 0.05) is 23.9 Å². The van der Waals surface area contributed by atoms with E-state index >= 15 is 0 Å². The molecule has 1 heterocycles. The average Bonchev–Trinajstić information content (AvgIpc) is 3.01. The highest BCUT2D eigenvalue weighted by Gasteiger charge is 2.41. The zero-order chi connectivity index (χ0) is 9.31. The van der Waals surface area contributed by atoms with Crippen LogP contribution in [0.25, 0.3) is 0 Å². The van der Waals surface area contributed by atoms with Crippen LogP contribution in [-0.4, -0.2) is 41.6 Å². The van der Waals surface area contributed by atoms with Crippen LogP contribution in [0.1, 0.15) is 25.7 Å². The van der Waals surface area contributed by atoms with Crippen LogP contribution in [0, 0.1) is 0 Å². The molecule has 0 aromatic carbocycles. The minimum absolute atomic E-state index is 0.337. The van der Waals surface area contributed by atoms with Gasteiger partial charge < -0.3 is 5.73 Å². The maximum atomic E-state index is 5.95. The molecule has 0 spiro atoms. The van der Waals surface area contributed by atoms with E-state index in [0.29, 0.717) is 5.54 Å². The molecule has 2 aliphatic rings. The molecule has 0 bridgehead atoms. The molecule has 0 aromatic heterocycles. The lowest BCUT2D eigenvalue weighted by Gasteiger charge is -2.44. The smallest absolute Gasteiger partial charge is 0.0422 e. The van der Waals surface area contributed by atoms with Gasteiger partial charge in [-0.15, -0.1) is 0 Å². The van der Waals surface area contributed by atoms with Crippen LogP contribution in [0.3, 0.4) is 0 Å². The van der Waals surface area contributed by atoms with Crippen LogP contribution < -0.4 is 5.73 Å². The van der Waals surface area contributed by atoms with E-state index < -0.39 is 0 Å². The predicted octanol–water partition coefficient (Wildman–Crippen LogP) is 1.31. The van der Waals surface area contributed by atoms with Crippen LogP contribution in [0.4, 0.5) is 0 Å². The number of nitrogens with zero attached hydrogens (tertiary/aromatic N) is 1. The van der Waals surface area contributed by atoms with Crippen molar-refractivity contribution in [1.82, 2.24) is 4.90 Å².